The highest BCUT2D eigenvalue weighted by atomic mass is 19.1. The molecule has 0 saturated carbocycles. The molecule has 0 aromatic heterocycles. The van der Waals surface area contributed by atoms with E-state index in [1.165, 1.54) is 12.1 Å². The highest BCUT2D eigenvalue weighted by Crippen LogP contribution is 2.20. The minimum Gasteiger partial charge on any atom is -0.350 e. The number of hydrogen-bond donors (Lipinski definition) is 1. The van der Waals surface area contributed by atoms with Crippen molar-refractivity contribution in [2.24, 2.45) is 0 Å². The molecule has 1 heterocycles. The van der Waals surface area contributed by atoms with Crippen molar-refractivity contribution in [3.8, 4) is 0 Å². The molecule has 0 saturated heterocycles. The fourth-order valence-corrected chi connectivity index (χ4v) is 2.99. The van der Waals surface area contributed by atoms with Gasteiger partial charge in [-0.05, 0) is 36.2 Å². The van der Waals surface area contributed by atoms with Gasteiger partial charge in [0.15, 0.2) is 0 Å². The van der Waals surface area contributed by atoms with Gasteiger partial charge in [-0.2, -0.15) is 0 Å². The largest absolute Gasteiger partial charge is 0.350 e. The number of fused-ring (bicyclic) bond motifs is 1. The van der Waals surface area contributed by atoms with E-state index in [1.807, 2.05) is 0 Å². The maximum atomic E-state index is 13.0. The maximum Gasteiger partial charge on any atom is 0.260 e. The average Bonchev–Trinajstić information content (AvgIpc) is 2.62. The summed E-state index contributed by atoms with van der Waals surface area (Å²) in [4.78, 5) is 37.9. The SMILES string of the molecule is C[C@H](NC(=O)CCN1C(=O)Cc2ccccc2C1=O)c1ccc(F)cc1. The molecule has 134 valence electrons. The van der Waals surface area contributed by atoms with Gasteiger partial charge in [-0.25, -0.2) is 4.39 Å². The number of imide groups is 1. The topological polar surface area (TPSA) is 66.5 Å². The summed E-state index contributed by atoms with van der Waals surface area (Å²) in [7, 11) is 0. The number of hydrogen-bond acceptors (Lipinski definition) is 3. The Morgan fingerprint density at radius 3 is 2.58 bits per heavy atom. The van der Waals surface area contributed by atoms with E-state index in [1.54, 1.807) is 43.3 Å². The third-order valence-corrected chi connectivity index (χ3v) is 4.45. The van der Waals surface area contributed by atoms with Crippen molar-refractivity contribution in [2.75, 3.05) is 6.54 Å². The summed E-state index contributed by atoms with van der Waals surface area (Å²) < 4.78 is 13.0. The van der Waals surface area contributed by atoms with Crippen LogP contribution < -0.4 is 5.32 Å². The zero-order valence-electron chi connectivity index (χ0n) is 14.4. The second kappa shape index (κ2) is 7.47. The molecule has 2 aromatic rings. The highest BCUT2D eigenvalue weighted by molar-refractivity contribution is 6.09. The normalized spacial score (nSPS) is 14.8. The quantitative estimate of drug-likeness (QED) is 0.840. The van der Waals surface area contributed by atoms with Gasteiger partial charge >= 0.3 is 0 Å². The third-order valence-electron chi connectivity index (χ3n) is 4.45. The number of halogens is 1. The van der Waals surface area contributed by atoms with Gasteiger partial charge in [0, 0.05) is 18.5 Å². The molecule has 3 rings (SSSR count). The van der Waals surface area contributed by atoms with Crippen LogP contribution in [0.25, 0.3) is 0 Å². The Bertz CT molecular complexity index is 848. The van der Waals surface area contributed by atoms with Gasteiger partial charge in [-0.15, -0.1) is 0 Å². The summed E-state index contributed by atoms with van der Waals surface area (Å²) in [5.74, 6) is -1.28. The van der Waals surface area contributed by atoms with E-state index >= 15 is 0 Å². The van der Waals surface area contributed by atoms with Crippen LogP contribution in [-0.4, -0.2) is 29.2 Å². The lowest BCUT2D eigenvalue weighted by molar-refractivity contribution is -0.129. The summed E-state index contributed by atoms with van der Waals surface area (Å²) in [5.41, 5.74) is 2.00. The first kappa shape index (κ1) is 17.8. The lowest BCUT2D eigenvalue weighted by atomic mass is 9.98. The zero-order valence-corrected chi connectivity index (χ0v) is 14.4. The minimum atomic E-state index is -0.365. The van der Waals surface area contributed by atoms with E-state index < -0.39 is 0 Å². The first-order chi connectivity index (χ1) is 12.5. The van der Waals surface area contributed by atoms with E-state index in [4.69, 9.17) is 0 Å². The monoisotopic (exact) mass is 354 g/mol. The molecule has 1 aliphatic heterocycles. The van der Waals surface area contributed by atoms with Gasteiger partial charge in [-0.3, -0.25) is 19.3 Å². The standard InChI is InChI=1S/C20H19FN2O3/c1-13(14-6-8-16(21)9-7-14)22-18(24)10-11-23-19(25)12-15-4-2-3-5-17(15)20(23)26/h2-9,13H,10-12H2,1H3,(H,22,24)/t13-/m0/s1. The molecule has 2 aromatic carbocycles. The van der Waals surface area contributed by atoms with E-state index in [-0.39, 0.29) is 49.0 Å². The van der Waals surface area contributed by atoms with E-state index in [0.717, 1.165) is 10.5 Å². The summed E-state index contributed by atoms with van der Waals surface area (Å²) >= 11 is 0. The van der Waals surface area contributed by atoms with Crippen LogP contribution in [0.2, 0.25) is 0 Å². The first-order valence-electron chi connectivity index (χ1n) is 8.43. The van der Waals surface area contributed by atoms with Crippen LogP contribution in [0.1, 0.15) is 40.9 Å². The molecule has 0 bridgehead atoms. The van der Waals surface area contributed by atoms with Crippen molar-refractivity contribution in [1.29, 1.82) is 0 Å². The number of amides is 3. The fourth-order valence-electron chi connectivity index (χ4n) is 2.99. The average molecular weight is 354 g/mol. The van der Waals surface area contributed by atoms with Gasteiger partial charge in [0.25, 0.3) is 5.91 Å². The molecule has 0 unspecified atom stereocenters. The number of nitrogens with zero attached hydrogens (tertiary/aromatic N) is 1. The molecule has 1 N–H and O–H groups in total. The number of benzene rings is 2. The Hall–Kier alpha value is -3.02. The van der Waals surface area contributed by atoms with Crippen LogP contribution in [0.3, 0.4) is 0 Å². The fraction of sp³-hybridized carbons (Fsp3) is 0.250. The Balaban J connectivity index is 1.58. The lowest BCUT2D eigenvalue weighted by Crippen LogP contribution is -2.44. The number of rotatable bonds is 5. The Labute approximate surface area is 150 Å². The van der Waals surface area contributed by atoms with Crippen LogP contribution in [0.15, 0.2) is 48.5 Å². The lowest BCUT2D eigenvalue weighted by Gasteiger charge is -2.26. The van der Waals surface area contributed by atoms with E-state index in [0.29, 0.717) is 11.1 Å². The summed E-state index contributed by atoms with van der Waals surface area (Å²) in [6, 6.07) is 12.6. The molecule has 5 nitrogen and oxygen atoms in total. The van der Waals surface area contributed by atoms with Crippen molar-refractivity contribution >= 4 is 17.7 Å². The van der Waals surface area contributed by atoms with E-state index in [9.17, 15) is 18.8 Å². The Kier molecular flexibility index (Phi) is 5.11. The van der Waals surface area contributed by atoms with Gasteiger partial charge < -0.3 is 5.32 Å². The van der Waals surface area contributed by atoms with Gasteiger partial charge in [-0.1, -0.05) is 30.3 Å². The van der Waals surface area contributed by atoms with Crippen molar-refractivity contribution in [3.05, 3.63) is 71.0 Å². The summed E-state index contributed by atoms with van der Waals surface area (Å²) in [6.45, 7) is 1.83. The minimum absolute atomic E-state index is 0.0190. The highest BCUT2D eigenvalue weighted by Gasteiger charge is 2.30. The molecule has 1 atom stereocenters. The molecule has 0 radical (unpaired) electrons. The molecule has 26 heavy (non-hydrogen) atoms. The van der Waals surface area contributed by atoms with Crippen LogP contribution >= 0.6 is 0 Å². The van der Waals surface area contributed by atoms with Gasteiger partial charge in [0.05, 0.1) is 12.5 Å². The second-order valence-electron chi connectivity index (χ2n) is 6.28. The first-order valence-corrected chi connectivity index (χ1v) is 8.43. The molecule has 3 amide bonds. The molecule has 6 heteroatoms. The smallest absolute Gasteiger partial charge is 0.260 e. The van der Waals surface area contributed by atoms with Crippen molar-refractivity contribution in [2.45, 2.75) is 25.8 Å². The molecule has 0 aliphatic carbocycles. The molecule has 0 fully saturated rings. The summed E-state index contributed by atoms with van der Waals surface area (Å²) in [5, 5.41) is 2.79. The Morgan fingerprint density at radius 2 is 1.85 bits per heavy atom. The van der Waals surface area contributed by atoms with Crippen molar-refractivity contribution in [1.82, 2.24) is 10.2 Å². The third kappa shape index (κ3) is 3.79. The van der Waals surface area contributed by atoms with Gasteiger partial charge in [0.1, 0.15) is 5.82 Å². The van der Waals surface area contributed by atoms with E-state index in [2.05, 4.69) is 5.32 Å². The molecular formula is C20H19FN2O3. The van der Waals surface area contributed by atoms with Crippen LogP contribution in [0, 0.1) is 5.82 Å². The number of nitrogens with one attached hydrogen (secondary N) is 1. The van der Waals surface area contributed by atoms with Crippen LogP contribution in [0.5, 0.6) is 0 Å². The Morgan fingerprint density at radius 1 is 1.15 bits per heavy atom. The number of carbonyl (C=O) groups is 3. The van der Waals surface area contributed by atoms with Gasteiger partial charge in [0.2, 0.25) is 11.8 Å². The van der Waals surface area contributed by atoms with Crippen LogP contribution in [0.4, 0.5) is 4.39 Å². The molecular weight excluding hydrogens is 335 g/mol. The van der Waals surface area contributed by atoms with Crippen LogP contribution in [-0.2, 0) is 16.0 Å². The zero-order chi connectivity index (χ0) is 18.7. The van der Waals surface area contributed by atoms with Crippen molar-refractivity contribution < 1.29 is 18.8 Å². The molecule has 1 aliphatic rings. The summed E-state index contributed by atoms with van der Waals surface area (Å²) in [6.07, 6.45) is 0.181. The maximum absolute atomic E-state index is 13.0. The van der Waals surface area contributed by atoms with Crippen molar-refractivity contribution in [3.63, 3.8) is 0 Å². The number of carbonyl (C=O) groups excluding carboxylic acids is 3. The molecule has 0 spiro atoms. The predicted octanol–water partition coefficient (Wildman–Crippen LogP) is 2.62. The predicted molar refractivity (Wildman–Crippen MR) is 93.8 cm³/mol. The second-order valence-corrected chi connectivity index (χ2v) is 6.28.